The van der Waals surface area contributed by atoms with Gasteiger partial charge in [0, 0.05) is 6.04 Å². The third-order valence-corrected chi connectivity index (χ3v) is 3.01. The maximum Gasteiger partial charge on any atom is 0.0320 e. The Morgan fingerprint density at radius 2 is 1.71 bits per heavy atom. The summed E-state index contributed by atoms with van der Waals surface area (Å²) in [5, 5.41) is 3.64. The number of nitrogens with one attached hydrogen (secondary N) is 1. The molecule has 1 heteroatoms. The second kappa shape index (κ2) is 5.16. The molecule has 1 aromatic rings. The Labute approximate surface area is 86.5 Å². The SMILES string of the molecule is c1ccc(C2CCCCCCN2)cc1. The van der Waals surface area contributed by atoms with Crippen molar-refractivity contribution in [3.05, 3.63) is 35.9 Å². The molecular formula is C13H19N. The van der Waals surface area contributed by atoms with E-state index in [9.17, 15) is 0 Å². The summed E-state index contributed by atoms with van der Waals surface area (Å²) >= 11 is 0. The lowest BCUT2D eigenvalue weighted by molar-refractivity contribution is 0.427. The van der Waals surface area contributed by atoms with Gasteiger partial charge in [0.25, 0.3) is 0 Å². The van der Waals surface area contributed by atoms with Crippen LogP contribution in [0.15, 0.2) is 30.3 Å². The van der Waals surface area contributed by atoms with Crippen LogP contribution in [0.4, 0.5) is 0 Å². The van der Waals surface area contributed by atoms with Gasteiger partial charge in [0.1, 0.15) is 0 Å². The Morgan fingerprint density at radius 1 is 0.929 bits per heavy atom. The van der Waals surface area contributed by atoms with Crippen LogP contribution in [-0.2, 0) is 0 Å². The first-order chi connectivity index (χ1) is 6.97. The second-order valence-corrected chi connectivity index (χ2v) is 4.12. The summed E-state index contributed by atoms with van der Waals surface area (Å²) in [4.78, 5) is 0. The van der Waals surface area contributed by atoms with E-state index in [0.717, 1.165) is 0 Å². The van der Waals surface area contributed by atoms with Gasteiger partial charge in [-0.2, -0.15) is 0 Å². The van der Waals surface area contributed by atoms with Crippen molar-refractivity contribution in [2.75, 3.05) is 6.54 Å². The highest BCUT2D eigenvalue weighted by molar-refractivity contribution is 5.18. The van der Waals surface area contributed by atoms with Gasteiger partial charge in [-0.15, -0.1) is 0 Å². The lowest BCUT2D eigenvalue weighted by Gasteiger charge is -2.21. The van der Waals surface area contributed by atoms with Gasteiger partial charge in [0.15, 0.2) is 0 Å². The van der Waals surface area contributed by atoms with Crippen LogP contribution < -0.4 is 5.32 Å². The minimum atomic E-state index is 0.594. The molecule has 1 nitrogen and oxygen atoms in total. The lowest BCUT2D eigenvalue weighted by Crippen LogP contribution is -2.23. The first-order valence-electron chi connectivity index (χ1n) is 5.75. The highest BCUT2D eigenvalue weighted by Crippen LogP contribution is 2.21. The molecular weight excluding hydrogens is 170 g/mol. The summed E-state index contributed by atoms with van der Waals surface area (Å²) in [6.07, 6.45) is 6.80. The van der Waals surface area contributed by atoms with Crippen molar-refractivity contribution in [2.45, 2.75) is 38.1 Å². The van der Waals surface area contributed by atoms with Crippen molar-refractivity contribution in [3.8, 4) is 0 Å². The molecule has 1 aliphatic rings. The van der Waals surface area contributed by atoms with E-state index in [4.69, 9.17) is 0 Å². The molecule has 1 aliphatic heterocycles. The molecule has 0 spiro atoms. The van der Waals surface area contributed by atoms with Crippen molar-refractivity contribution >= 4 is 0 Å². The van der Waals surface area contributed by atoms with Crippen molar-refractivity contribution in [2.24, 2.45) is 0 Å². The Kier molecular flexibility index (Phi) is 3.58. The summed E-state index contributed by atoms with van der Waals surface area (Å²) in [7, 11) is 0. The van der Waals surface area contributed by atoms with Crippen molar-refractivity contribution in [1.29, 1.82) is 0 Å². The average molecular weight is 189 g/mol. The minimum absolute atomic E-state index is 0.594. The Balaban J connectivity index is 2.01. The Hall–Kier alpha value is -0.820. The molecule has 0 aromatic heterocycles. The lowest BCUT2D eigenvalue weighted by atomic mass is 9.98. The molecule has 76 valence electrons. The fraction of sp³-hybridized carbons (Fsp3) is 0.538. The quantitative estimate of drug-likeness (QED) is 0.715. The van der Waals surface area contributed by atoms with Crippen LogP contribution in [0.1, 0.15) is 43.7 Å². The third kappa shape index (κ3) is 2.58. The number of hydrogen-bond acceptors (Lipinski definition) is 1. The summed E-state index contributed by atoms with van der Waals surface area (Å²) in [5.74, 6) is 0. The summed E-state index contributed by atoms with van der Waals surface area (Å²) in [6.45, 7) is 1.18. The topological polar surface area (TPSA) is 12.0 Å². The average Bonchev–Trinajstić information content (AvgIpc) is 2.18. The van der Waals surface area contributed by atoms with E-state index >= 15 is 0 Å². The fourth-order valence-corrected chi connectivity index (χ4v) is 2.18. The van der Waals surface area contributed by atoms with Gasteiger partial charge in [-0.25, -0.2) is 0 Å². The van der Waals surface area contributed by atoms with E-state index in [-0.39, 0.29) is 0 Å². The monoisotopic (exact) mass is 189 g/mol. The largest absolute Gasteiger partial charge is 0.310 e. The fourth-order valence-electron chi connectivity index (χ4n) is 2.18. The molecule has 1 aromatic carbocycles. The van der Waals surface area contributed by atoms with Crippen LogP contribution in [0.5, 0.6) is 0 Å². The van der Waals surface area contributed by atoms with Crippen LogP contribution in [-0.4, -0.2) is 6.54 Å². The zero-order valence-corrected chi connectivity index (χ0v) is 8.71. The normalized spacial score (nSPS) is 23.9. The van der Waals surface area contributed by atoms with E-state index in [1.54, 1.807) is 0 Å². The predicted molar refractivity (Wildman–Crippen MR) is 60.3 cm³/mol. The molecule has 1 N–H and O–H groups in total. The summed E-state index contributed by atoms with van der Waals surface area (Å²) in [6, 6.07) is 11.4. The predicted octanol–water partition coefficient (Wildman–Crippen LogP) is 3.28. The van der Waals surface area contributed by atoms with Crippen LogP contribution in [0, 0.1) is 0 Å². The maximum absolute atomic E-state index is 3.64. The van der Waals surface area contributed by atoms with Crippen LogP contribution in [0.3, 0.4) is 0 Å². The molecule has 0 amide bonds. The number of benzene rings is 1. The van der Waals surface area contributed by atoms with Gasteiger partial charge in [-0.3, -0.25) is 0 Å². The molecule has 1 saturated heterocycles. The van der Waals surface area contributed by atoms with Gasteiger partial charge in [0.2, 0.25) is 0 Å². The van der Waals surface area contributed by atoms with Gasteiger partial charge in [-0.1, -0.05) is 49.6 Å². The van der Waals surface area contributed by atoms with Crippen LogP contribution in [0.2, 0.25) is 0 Å². The maximum atomic E-state index is 3.64. The highest BCUT2D eigenvalue weighted by atomic mass is 14.9. The van der Waals surface area contributed by atoms with E-state index < -0.39 is 0 Å². The molecule has 2 rings (SSSR count). The molecule has 1 heterocycles. The van der Waals surface area contributed by atoms with Gasteiger partial charge in [0.05, 0.1) is 0 Å². The van der Waals surface area contributed by atoms with Crippen LogP contribution in [0.25, 0.3) is 0 Å². The molecule has 1 fully saturated rings. The summed E-state index contributed by atoms with van der Waals surface area (Å²) < 4.78 is 0. The Bertz CT molecular complexity index is 247. The molecule has 0 aliphatic carbocycles. The van der Waals surface area contributed by atoms with Crippen molar-refractivity contribution in [3.63, 3.8) is 0 Å². The second-order valence-electron chi connectivity index (χ2n) is 4.12. The molecule has 0 radical (unpaired) electrons. The summed E-state index contributed by atoms with van der Waals surface area (Å²) in [5.41, 5.74) is 1.45. The zero-order valence-electron chi connectivity index (χ0n) is 8.71. The first-order valence-corrected chi connectivity index (χ1v) is 5.75. The van der Waals surface area contributed by atoms with Crippen molar-refractivity contribution < 1.29 is 0 Å². The molecule has 14 heavy (non-hydrogen) atoms. The molecule has 0 bridgehead atoms. The third-order valence-electron chi connectivity index (χ3n) is 3.01. The van der Waals surface area contributed by atoms with E-state index in [2.05, 4.69) is 35.6 Å². The smallest absolute Gasteiger partial charge is 0.0320 e. The minimum Gasteiger partial charge on any atom is -0.310 e. The van der Waals surface area contributed by atoms with E-state index in [1.165, 1.54) is 44.2 Å². The van der Waals surface area contributed by atoms with Gasteiger partial charge < -0.3 is 5.32 Å². The van der Waals surface area contributed by atoms with Gasteiger partial charge >= 0.3 is 0 Å². The standard InChI is InChI=1S/C13H19N/c1-2-7-11-14-13(10-6-1)12-8-4-3-5-9-12/h3-5,8-9,13-14H,1-2,6-7,10-11H2. The zero-order chi connectivity index (χ0) is 9.64. The van der Waals surface area contributed by atoms with Crippen molar-refractivity contribution in [1.82, 2.24) is 5.32 Å². The molecule has 0 saturated carbocycles. The number of rotatable bonds is 1. The highest BCUT2D eigenvalue weighted by Gasteiger charge is 2.11. The van der Waals surface area contributed by atoms with Crippen LogP contribution >= 0.6 is 0 Å². The van der Waals surface area contributed by atoms with Gasteiger partial charge in [-0.05, 0) is 24.9 Å². The Morgan fingerprint density at radius 3 is 2.57 bits per heavy atom. The number of hydrogen-bond donors (Lipinski definition) is 1. The molecule has 1 unspecified atom stereocenters. The molecule has 1 atom stereocenters. The van der Waals surface area contributed by atoms with E-state index in [1.807, 2.05) is 0 Å². The first kappa shape index (κ1) is 9.72. The van der Waals surface area contributed by atoms with E-state index in [0.29, 0.717) is 6.04 Å².